The van der Waals surface area contributed by atoms with Gasteiger partial charge in [-0.2, -0.15) is 0 Å². The van der Waals surface area contributed by atoms with Gasteiger partial charge in [-0.15, -0.1) is 0 Å². The van der Waals surface area contributed by atoms with Crippen LogP contribution in [0, 0.1) is 11.8 Å². The van der Waals surface area contributed by atoms with Crippen LogP contribution in [0.15, 0.2) is 12.7 Å². The fourth-order valence-corrected chi connectivity index (χ4v) is 0.0833. The molecule has 0 bridgehead atoms. The number of esters is 1. The van der Waals surface area contributed by atoms with Crippen molar-refractivity contribution in [2.24, 2.45) is 0 Å². The molecule has 0 unspecified atom stereocenters. The molecule has 0 aromatic heterocycles. The van der Waals surface area contributed by atoms with Crippen molar-refractivity contribution < 1.29 is 9.53 Å². The number of methoxy groups -OCH3 is 1. The summed E-state index contributed by atoms with van der Waals surface area (Å²) < 4.78 is 4.14. The summed E-state index contributed by atoms with van der Waals surface area (Å²) in [6.45, 7) is 7.91. The number of rotatable bonds is 1. The zero-order valence-corrected chi connectivity index (χ0v) is 4.55. The first kappa shape index (κ1) is 9.85. The Kier molecular flexibility index (Phi) is 11.3. The number of carbonyl (C=O) groups excluding carboxylic acids is 1. The highest BCUT2D eigenvalue weighted by atomic mass is 16.5. The molecule has 0 radical (unpaired) electrons. The molecule has 0 aliphatic heterocycles. The molecule has 0 aromatic carbocycles. The molecule has 0 aromatic rings. The van der Waals surface area contributed by atoms with Crippen molar-refractivity contribution in [2.45, 2.75) is 0 Å². The van der Waals surface area contributed by atoms with E-state index in [1.54, 1.807) is 0 Å². The summed E-state index contributed by atoms with van der Waals surface area (Å²) in [6.07, 6.45) is 1.11. The molecule has 0 amide bonds. The second-order valence-electron chi connectivity index (χ2n) is 0.727. The van der Waals surface area contributed by atoms with Crippen molar-refractivity contribution in [3.8, 4) is 0 Å². The van der Waals surface area contributed by atoms with Gasteiger partial charge >= 0.3 is 5.97 Å². The first-order chi connectivity index (χ1) is 3.81. The Labute approximate surface area is 48.2 Å². The van der Waals surface area contributed by atoms with Gasteiger partial charge in [-0.3, -0.25) is 0 Å². The summed E-state index contributed by atoms with van der Waals surface area (Å²) >= 11 is 0. The topological polar surface area (TPSA) is 50.1 Å². The van der Waals surface area contributed by atoms with E-state index in [4.69, 9.17) is 11.8 Å². The van der Waals surface area contributed by atoms with Crippen molar-refractivity contribution in [1.29, 1.82) is 5.26 Å². The molecule has 0 spiro atoms. The van der Waals surface area contributed by atoms with Gasteiger partial charge in [-0.1, -0.05) is 6.58 Å². The Morgan fingerprint density at radius 3 is 2.25 bits per heavy atom. The van der Waals surface area contributed by atoms with Gasteiger partial charge in [-0.25, -0.2) is 4.79 Å². The normalized spacial score (nSPS) is 5.38. The van der Waals surface area contributed by atoms with Crippen LogP contribution in [0.3, 0.4) is 0 Å². The molecule has 0 N–H and O–H groups in total. The summed E-state index contributed by atoms with van der Waals surface area (Å²) in [5.41, 5.74) is 0. The lowest BCUT2D eigenvalue weighted by Gasteiger charge is -1.83. The fraction of sp³-hybridized carbons (Fsp3) is 0.200. The standard InChI is InChI=1S/C4H6O2.CN/c1-3-4(5)6-2;1-2/h3H,1H2,2H3;/q;-1. The molecule has 0 saturated heterocycles. The average molecular weight is 112 g/mol. The molecule has 0 aliphatic rings. The summed E-state index contributed by atoms with van der Waals surface area (Å²) in [7, 11) is 1.31. The Hall–Kier alpha value is -1.30. The van der Waals surface area contributed by atoms with Crippen LogP contribution >= 0.6 is 0 Å². The molecule has 44 valence electrons. The summed E-state index contributed by atoms with van der Waals surface area (Å²) in [5.74, 6) is -0.394. The summed E-state index contributed by atoms with van der Waals surface area (Å²) in [4.78, 5) is 9.84. The second-order valence-corrected chi connectivity index (χ2v) is 0.727. The molecule has 0 rings (SSSR count). The van der Waals surface area contributed by atoms with Crippen LogP contribution in [0.4, 0.5) is 0 Å². The van der Waals surface area contributed by atoms with Gasteiger partial charge in [0.05, 0.1) is 7.11 Å². The second kappa shape index (κ2) is 9.20. The van der Waals surface area contributed by atoms with E-state index < -0.39 is 5.97 Å². The summed E-state index contributed by atoms with van der Waals surface area (Å²) in [5, 5.41) is 6.25. The highest BCUT2D eigenvalue weighted by molar-refractivity contribution is 5.80. The van der Waals surface area contributed by atoms with Gasteiger partial charge in [0.15, 0.2) is 0 Å². The Morgan fingerprint density at radius 2 is 2.25 bits per heavy atom. The van der Waals surface area contributed by atoms with Gasteiger partial charge in [0.25, 0.3) is 0 Å². The number of ether oxygens (including phenoxy) is 1. The van der Waals surface area contributed by atoms with Gasteiger partial charge in [0, 0.05) is 6.08 Å². The summed E-state index contributed by atoms with van der Waals surface area (Å²) in [6, 6.07) is 0. The van der Waals surface area contributed by atoms with E-state index in [0.29, 0.717) is 0 Å². The Bertz CT molecular complexity index is 95.8. The maximum atomic E-state index is 9.84. The van der Waals surface area contributed by atoms with E-state index >= 15 is 0 Å². The molecule has 0 heterocycles. The van der Waals surface area contributed by atoms with Crippen LogP contribution in [0.2, 0.25) is 0 Å². The molecule has 3 heteroatoms. The van der Waals surface area contributed by atoms with Crippen molar-refractivity contribution in [1.82, 2.24) is 0 Å². The fourth-order valence-electron chi connectivity index (χ4n) is 0.0833. The average Bonchev–Trinajstić information content (AvgIpc) is 1.91. The minimum absolute atomic E-state index is 0.394. The molecule has 0 atom stereocenters. The lowest BCUT2D eigenvalue weighted by Crippen LogP contribution is -1.91. The largest absolute Gasteiger partial charge is 0.512 e. The third-order valence-electron chi connectivity index (χ3n) is 0.368. The van der Waals surface area contributed by atoms with E-state index in [-0.39, 0.29) is 0 Å². The Morgan fingerprint density at radius 1 is 1.88 bits per heavy atom. The van der Waals surface area contributed by atoms with Crippen LogP contribution in [0.5, 0.6) is 0 Å². The van der Waals surface area contributed by atoms with Crippen LogP contribution < -0.4 is 0 Å². The van der Waals surface area contributed by atoms with Crippen LogP contribution in [-0.4, -0.2) is 13.1 Å². The predicted molar refractivity (Wildman–Crippen MR) is 27.2 cm³/mol. The molecular weight excluding hydrogens is 106 g/mol. The zero-order chi connectivity index (χ0) is 6.99. The van der Waals surface area contributed by atoms with Crippen molar-refractivity contribution >= 4 is 5.97 Å². The molecule has 0 fully saturated rings. The van der Waals surface area contributed by atoms with Gasteiger partial charge in [0.2, 0.25) is 0 Å². The zero-order valence-electron chi connectivity index (χ0n) is 4.55. The number of hydrogen-bond donors (Lipinski definition) is 0. The monoisotopic (exact) mass is 112 g/mol. The predicted octanol–water partition coefficient (Wildman–Crippen LogP) is 0.442. The molecule has 0 aliphatic carbocycles. The van der Waals surface area contributed by atoms with Gasteiger partial charge < -0.3 is 16.6 Å². The number of carbonyl (C=O) groups is 1. The first-order valence-electron chi connectivity index (χ1n) is 1.74. The quantitative estimate of drug-likeness (QED) is 0.281. The van der Waals surface area contributed by atoms with Crippen molar-refractivity contribution in [2.75, 3.05) is 7.11 Å². The van der Waals surface area contributed by atoms with Crippen molar-refractivity contribution in [3.05, 3.63) is 19.2 Å². The van der Waals surface area contributed by atoms with Crippen molar-refractivity contribution in [3.63, 3.8) is 0 Å². The molecule has 3 nitrogen and oxygen atoms in total. The molecule has 0 saturated carbocycles. The van der Waals surface area contributed by atoms with Gasteiger partial charge in [-0.05, 0) is 0 Å². The van der Waals surface area contributed by atoms with Gasteiger partial charge in [0.1, 0.15) is 0 Å². The SMILES string of the molecule is C=CC(=O)OC.[C-]#N. The third kappa shape index (κ3) is 8.83. The van der Waals surface area contributed by atoms with E-state index in [0.717, 1.165) is 6.08 Å². The number of hydrogen-bond acceptors (Lipinski definition) is 3. The minimum Gasteiger partial charge on any atom is -0.512 e. The smallest absolute Gasteiger partial charge is 0.329 e. The van der Waals surface area contributed by atoms with Crippen LogP contribution in [0.1, 0.15) is 0 Å². The maximum absolute atomic E-state index is 9.84. The van der Waals surface area contributed by atoms with E-state index in [9.17, 15) is 4.79 Å². The Balaban J connectivity index is 0. The van der Waals surface area contributed by atoms with E-state index in [2.05, 4.69) is 11.3 Å². The lowest BCUT2D eigenvalue weighted by atomic mass is 10.7. The lowest BCUT2D eigenvalue weighted by molar-refractivity contribution is -0.134. The van der Waals surface area contributed by atoms with E-state index in [1.807, 2.05) is 0 Å². The molecule has 8 heavy (non-hydrogen) atoms. The highest BCUT2D eigenvalue weighted by Gasteiger charge is 1.81. The van der Waals surface area contributed by atoms with Crippen LogP contribution in [-0.2, 0) is 9.53 Å². The minimum atomic E-state index is -0.394. The van der Waals surface area contributed by atoms with Crippen LogP contribution in [0.25, 0.3) is 0 Å². The third-order valence-corrected chi connectivity index (χ3v) is 0.368. The first-order valence-corrected chi connectivity index (χ1v) is 1.74. The highest BCUT2D eigenvalue weighted by Crippen LogP contribution is 1.67. The maximum Gasteiger partial charge on any atom is 0.329 e. The molecular formula is C5H6NO2-. The van der Waals surface area contributed by atoms with E-state index in [1.165, 1.54) is 7.11 Å². The number of nitrogens with zero attached hydrogens (tertiary/aromatic N) is 1.